The fourth-order valence-corrected chi connectivity index (χ4v) is 4.80. The fraction of sp³-hybridized carbons (Fsp3) is 0.421. The molecule has 0 fully saturated rings. The highest BCUT2D eigenvalue weighted by Crippen LogP contribution is 2.48. The van der Waals surface area contributed by atoms with E-state index in [1.165, 1.54) is 11.3 Å². The summed E-state index contributed by atoms with van der Waals surface area (Å²) in [4.78, 5) is 13.2. The van der Waals surface area contributed by atoms with Gasteiger partial charge in [-0.2, -0.15) is 0 Å². The van der Waals surface area contributed by atoms with E-state index in [2.05, 4.69) is 5.32 Å². The highest BCUT2D eigenvalue weighted by Gasteiger charge is 2.42. The molecule has 6 heteroatoms. The first kappa shape index (κ1) is 17.8. The van der Waals surface area contributed by atoms with Crippen molar-refractivity contribution in [2.45, 2.75) is 51.9 Å². The molecule has 1 aliphatic rings. The number of thiophene rings is 1. The second-order valence-corrected chi connectivity index (χ2v) is 8.53. The number of anilines is 1. The molecule has 1 amide bonds. The van der Waals surface area contributed by atoms with Crippen LogP contribution in [0.2, 0.25) is 0 Å². The van der Waals surface area contributed by atoms with Crippen LogP contribution in [0.3, 0.4) is 0 Å². The first-order valence-electron chi connectivity index (χ1n) is 8.27. The second kappa shape index (κ2) is 6.04. The third kappa shape index (κ3) is 3.37. The summed E-state index contributed by atoms with van der Waals surface area (Å²) in [5.74, 6) is -0.215. The largest absolute Gasteiger partial charge is 0.508 e. The van der Waals surface area contributed by atoms with Crippen LogP contribution in [0.5, 0.6) is 5.75 Å². The number of carbonyl (C=O) groups excluding carboxylic acids is 1. The molecule has 0 saturated heterocycles. The number of rotatable bonds is 4. The highest BCUT2D eigenvalue weighted by molar-refractivity contribution is 7.16. The summed E-state index contributed by atoms with van der Waals surface area (Å²) >= 11 is 1.50. The summed E-state index contributed by atoms with van der Waals surface area (Å²) in [6.07, 6.45) is 0.638. The molecule has 1 aromatic carbocycles. The van der Waals surface area contributed by atoms with Gasteiger partial charge in [0, 0.05) is 23.4 Å². The predicted molar refractivity (Wildman–Crippen MR) is 100 cm³/mol. The number of benzene rings is 1. The molecule has 0 atom stereocenters. The molecule has 0 spiro atoms. The molecule has 0 saturated carbocycles. The van der Waals surface area contributed by atoms with Gasteiger partial charge in [0.25, 0.3) is 5.91 Å². The van der Waals surface area contributed by atoms with Crippen LogP contribution in [0, 0.1) is 0 Å². The van der Waals surface area contributed by atoms with E-state index in [0.717, 1.165) is 21.0 Å². The average Bonchev–Trinajstić information content (AvgIpc) is 2.83. The maximum atomic E-state index is 12.2. The van der Waals surface area contributed by atoms with Crippen LogP contribution in [0.15, 0.2) is 24.3 Å². The first-order valence-corrected chi connectivity index (χ1v) is 9.09. The van der Waals surface area contributed by atoms with Crippen molar-refractivity contribution in [3.8, 4) is 5.75 Å². The van der Waals surface area contributed by atoms with E-state index in [0.29, 0.717) is 18.5 Å². The maximum Gasteiger partial charge on any atom is 0.251 e. The van der Waals surface area contributed by atoms with Gasteiger partial charge in [-0.05, 0) is 39.3 Å². The lowest BCUT2D eigenvalue weighted by Gasteiger charge is -2.41. The Balaban J connectivity index is 2.00. The van der Waals surface area contributed by atoms with Crippen molar-refractivity contribution in [2.24, 2.45) is 5.73 Å². The van der Waals surface area contributed by atoms with Crippen molar-refractivity contribution in [1.82, 2.24) is 0 Å². The van der Waals surface area contributed by atoms with Gasteiger partial charge in [-0.1, -0.05) is 18.2 Å². The van der Waals surface area contributed by atoms with E-state index in [1.54, 1.807) is 12.1 Å². The van der Waals surface area contributed by atoms with Crippen molar-refractivity contribution >= 4 is 22.2 Å². The zero-order valence-electron chi connectivity index (χ0n) is 15.0. The van der Waals surface area contributed by atoms with Crippen molar-refractivity contribution < 1.29 is 14.6 Å². The molecule has 25 heavy (non-hydrogen) atoms. The van der Waals surface area contributed by atoms with E-state index in [-0.39, 0.29) is 11.4 Å². The van der Waals surface area contributed by atoms with E-state index < -0.39 is 11.5 Å². The summed E-state index contributed by atoms with van der Waals surface area (Å²) < 4.78 is 6.21. The van der Waals surface area contributed by atoms with Crippen LogP contribution in [0.25, 0.3) is 0 Å². The Morgan fingerprint density at radius 1 is 1.32 bits per heavy atom. The minimum absolute atomic E-state index is 0.224. The summed E-state index contributed by atoms with van der Waals surface area (Å²) in [7, 11) is 0. The van der Waals surface area contributed by atoms with Crippen LogP contribution in [-0.4, -0.2) is 16.6 Å². The number of hydrogen-bond acceptors (Lipinski definition) is 5. The van der Waals surface area contributed by atoms with Crippen LogP contribution in [0.1, 0.15) is 54.1 Å². The van der Waals surface area contributed by atoms with Crippen LogP contribution >= 0.6 is 11.3 Å². The minimum atomic E-state index is -0.485. The molecule has 5 nitrogen and oxygen atoms in total. The zero-order chi connectivity index (χ0) is 18.4. The quantitative estimate of drug-likeness (QED) is 0.775. The molecule has 0 aliphatic carbocycles. The summed E-state index contributed by atoms with van der Waals surface area (Å²) in [5.41, 5.74) is 7.12. The van der Waals surface area contributed by atoms with Gasteiger partial charge in [-0.15, -0.1) is 11.3 Å². The highest BCUT2D eigenvalue weighted by atomic mass is 32.1. The van der Waals surface area contributed by atoms with Gasteiger partial charge in [0.1, 0.15) is 10.8 Å². The number of fused-ring (bicyclic) bond motifs is 1. The number of primary amides is 1. The number of nitrogens with one attached hydrogen (secondary N) is 1. The van der Waals surface area contributed by atoms with Gasteiger partial charge in [0.15, 0.2) is 0 Å². The standard InChI is InChI=1S/C19H24N2O3S/c1-18(2)9-12-14(16(20)23)17(25-15(12)19(3,4)24-18)21-10-11-7-5-6-8-13(11)22/h5-8,21-22H,9-10H2,1-4H3,(H2,20,23). The van der Waals surface area contributed by atoms with Crippen molar-refractivity contribution in [1.29, 1.82) is 0 Å². The molecule has 4 N–H and O–H groups in total. The summed E-state index contributed by atoms with van der Waals surface area (Å²) in [6, 6.07) is 7.13. The molecular weight excluding hydrogens is 336 g/mol. The maximum absolute atomic E-state index is 12.2. The molecule has 0 radical (unpaired) electrons. The minimum Gasteiger partial charge on any atom is -0.508 e. The van der Waals surface area contributed by atoms with E-state index in [4.69, 9.17) is 10.5 Å². The van der Waals surface area contributed by atoms with E-state index in [9.17, 15) is 9.90 Å². The second-order valence-electron chi connectivity index (χ2n) is 7.51. The van der Waals surface area contributed by atoms with Crippen molar-refractivity contribution in [2.75, 3.05) is 5.32 Å². The van der Waals surface area contributed by atoms with Gasteiger partial charge in [-0.25, -0.2) is 0 Å². The average molecular weight is 360 g/mol. The summed E-state index contributed by atoms with van der Waals surface area (Å²) in [5, 5.41) is 13.9. The number of para-hydroxylation sites is 1. The normalized spacial score (nSPS) is 17.8. The number of hydrogen-bond donors (Lipinski definition) is 3. The van der Waals surface area contributed by atoms with Crippen molar-refractivity contribution in [3.05, 3.63) is 45.8 Å². The lowest BCUT2D eigenvalue weighted by molar-refractivity contribution is -0.135. The van der Waals surface area contributed by atoms with Gasteiger partial charge < -0.3 is 20.9 Å². The lowest BCUT2D eigenvalue weighted by atomic mass is 9.86. The van der Waals surface area contributed by atoms with Gasteiger partial charge in [0.2, 0.25) is 0 Å². The number of phenols is 1. The number of ether oxygens (including phenoxy) is 1. The Kier molecular flexibility index (Phi) is 4.29. The smallest absolute Gasteiger partial charge is 0.251 e. The molecule has 0 unspecified atom stereocenters. The monoisotopic (exact) mass is 360 g/mol. The molecular formula is C19H24N2O3S. The van der Waals surface area contributed by atoms with Gasteiger partial charge in [-0.3, -0.25) is 4.79 Å². The fourth-order valence-electron chi connectivity index (χ4n) is 3.54. The van der Waals surface area contributed by atoms with E-state index in [1.807, 2.05) is 39.8 Å². The molecule has 2 aromatic rings. The summed E-state index contributed by atoms with van der Waals surface area (Å²) in [6.45, 7) is 8.49. The van der Waals surface area contributed by atoms with E-state index >= 15 is 0 Å². The number of amides is 1. The lowest BCUT2D eigenvalue weighted by Crippen LogP contribution is -2.42. The van der Waals surface area contributed by atoms with Crippen LogP contribution < -0.4 is 11.1 Å². The Bertz CT molecular complexity index is 824. The SMILES string of the molecule is CC1(C)Cc2c(sc(NCc3ccccc3O)c2C(N)=O)C(C)(C)O1. The predicted octanol–water partition coefficient (Wildman–Crippen LogP) is 3.75. The molecule has 1 aliphatic heterocycles. The van der Waals surface area contributed by atoms with Crippen LogP contribution in [0.4, 0.5) is 5.00 Å². The number of carbonyl (C=O) groups is 1. The topological polar surface area (TPSA) is 84.6 Å². The number of aromatic hydroxyl groups is 1. The molecule has 3 rings (SSSR count). The van der Waals surface area contributed by atoms with Gasteiger partial charge >= 0.3 is 0 Å². The Labute approximate surface area is 151 Å². The third-order valence-electron chi connectivity index (χ3n) is 4.37. The van der Waals surface area contributed by atoms with Crippen molar-refractivity contribution in [3.63, 3.8) is 0 Å². The molecule has 134 valence electrons. The van der Waals surface area contributed by atoms with Crippen LogP contribution in [-0.2, 0) is 23.3 Å². The molecule has 2 heterocycles. The zero-order valence-corrected chi connectivity index (χ0v) is 15.8. The molecule has 0 bridgehead atoms. The Hall–Kier alpha value is -2.05. The Morgan fingerprint density at radius 2 is 2.00 bits per heavy atom. The number of nitrogens with two attached hydrogens (primary N) is 1. The molecule has 1 aromatic heterocycles. The number of phenolic OH excluding ortho intramolecular Hbond substituents is 1. The Morgan fingerprint density at radius 3 is 2.64 bits per heavy atom. The third-order valence-corrected chi connectivity index (χ3v) is 5.86. The first-order chi connectivity index (χ1) is 11.6. The van der Waals surface area contributed by atoms with Gasteiger partial charge in [0.05, 0.1) is 16.8 Å².